The number of hydrogen-bond acceptors (Lipinski definition) is 3. The molecule has 1 fully saturated rings. The first-order valence-electron chi connectivity index (χ1n) is 8.14. The van der Waals surface area contributed by atoms with Crippen molar-refractivity contribution in [2.75, 3.05) is 19.6 Å². The van der Waals surface area contributed by atoms with Crippen molar-refractivity contribution in [3.05, 3.63) is 0 Å². The van der Waals surface area contributed by atoms with E-state index in [1.807, 2.05) is 6.92 Å². The molecule has 1 aliphatic heterocycles. The number of carbonyl (C=O) groups is 1. The molecule has 1 rings (SSSR count). The molecule has 2 atom stereocenters. The molecule has 0 bridgehead atoms. The van der Waals surface area contributed by atoms with E-state index in [1.54, 1.807) is 0 Å². The Balaban J connectivity index is 2.32. The molecule has 0 spiro atoms. The minimum absolute atomic E-state index is 0.0994. The van der Waals surface area contributed by atoms with Gasteiger partial charge < -0.3 is 15.5 Å². The highest BCUT2D eigenvalue weighted by Crippen LogP contribution is 2.09. The summed E-state index contributed by atoms with van der Waals surface area (Å²) in [5.41, 5.74) is -0.122. The van der Waals surface area contributed by atoms with Crippen molar-refractivity contribution in [3.63, 3.8) is 0 Å². The highest BCUT2D eigenvalue weighted by atomic mass is 16.2. The lowest BCUT2D eigenvalue weighted by Crippen LogP contribution is -2.54. The predicted octanol–water partition coefficient (Wildman–Crippen LogP) is 2.14. The maximum atomic E-state index is 12.2. The fourth-order valence-electron chi connectivity index (χ4n) is 2.61. The molecule has 0 aromatic rings. The van der Waals surface area contributed by atoms with Gasteiger partial charge in [-0.2, -0.15) is 0 Å². The summed E-state index contributed by atoms with van der Waals surface area (Å²) in [6.45, 7) is 13.8. The molecule has 1 heterocycles. The Kier molecular flexibility index (Phi) is 6.96. The molecule has 0 aromatic carbocycles. The normalized spacial score (nSPS) is 20.4. The summed E-state index contributed by atoms with van der Waals surface area (Å²) in [4.78, 5) is 14.7. The summed E-state index contributed by atoms with van der Waals surface area (Å²) in [5.74, 6) is 0.0994. The molecule has 2 unspecified atom stereocenters. The van der Waals surface area contributed by atoms with E-state index in [0.717, 1.165) is 13.0 Å². The van der Waals surface area contributed by atoms with Crippen LogP contribution >= 0.6 is 0 Å². The van der Waals surface area contributed by atoms with Gasteiger partial charge in [0.05, 0.1) is 6.04 Å². The van der Waals surface area contributed by atoms with Gasteiger partial charge >= 0.3 is 0 Å². The van der Waals surface area contributed by atoms with Crippen molar-refractivity contribution in [2.24, 2.45) is 0 Å². The van der Waals surface area contributed by atoms with Crippen LogP contribution in [0.4, 0.5) is 0 Å². The molecule has 20 heavy (non-hydrogen) atoms. The molecule has 0 aliphatic carbocycles. The van der Waals surface area contributed by atoms with Crippen LogP contribution in [0.15, 0.2) is 0 Å². The van der Waals surface area contributed by atoms with E-state index >= 15 is 0 Å². The molecule has 1 amide bonds. The molecule has 0 radical (unpaired) electrons. The van der Waals surface area contributed by atoms with Gasteiger partial charge in [0, 0.05) is 18.1 Å². The van der Waals surface area contributed by atoms with E-state index in [-0.39, 0.29) is 17.5 Å². The molecular weight excluding hydrogens is 250 g/mol. The van der Waals surface area contributed by atoms with Crippen molar-refractivity contribution >= 4 is 5.91 Å². The van der Waals surface area contributed by atoms with Crippen LogP contribution in [-0.2, 0) is 4.79 Å². The van der Waals surface area contributed by atoms with Crippen LogP contribution in [0.2, 0.25) is 0 Å². The maximum absolute atomic E-state index is 12.2. The number of rotatable bonds is 7. The van der Waals surface area contributed by atoms with E-state index in [1.165, 1.54) is 32.4 Å². The van der Waals surface area contributed by atoms with Gasteiger partial charge in [-0.25, -0.2) is 0 Å². The Morgan fingerprint density at radius 2 is 1.80 bits per heavy atom. The SMILES string of the molecule is CCC(C)(C)NC(=O)C(C)NC(C)CN1CCCCC1. The topological polar surface area (TPSA) is 44.4 Å². The summed E-state index contributed by atoms with van der Waals surface area (Å²) >= 11 is 0. The molecule has 118 valence electrons. The largest absolute Gasteiger partial charge is 0.350 e. The monoisotopic (exact) mass is 283 g/mol. The van der Waals surface area contributed by atoms with Crippen LogP contribution in [0.3, 0.4) is 0 Å². The second-order valence-electron chi connectivity index (χ2n) is 6.88. The van der Waals surface area contributed by atoms with Crippen LogP contribution in [0.5, 0.6) is 0 Å². The van der Waals surface area contributed by atoms with Crippen LogP contribution in [0.25, 0.3) is 0 Å². The Hall–Kier alpha value is -0.610. The van der Waals surface area contributed by atoms with Crippen LogP contribution in [0, 0.1) is 0 Å². The van der Waals surface area contributed by atoms with Crippen molar-refractivity contribution in [3.8, 4) is 0 Å². The number of nitrogens with one attached hydrogen (secondary N) is 2. The summed E-state index contributed by atoms with van der Waals surface area (Å²) in [6.07, 6.45) is 4.93. The summed E-state index contributed by atoms with van der Waals surface area (Å²) in [5, 5.41) is 6.52. The average molecular weight is 283 g/mol. The van der Waals surface area contributed by atoms with Gasteiger partial charge in [-0.1, -0.05) is 13.3 Å². The smallest absolute Gasteiger partial charge is 0.237 e. The van der Waals surface area contributed by atoms with Crippen molar-refractivity contribution in [2.45, 2.75) is 77.9 Å². The van der Waals surface area contributed by atoms with Crippen LogP contribution in [-0.4, -0.2) is 48.1 Å². The van der Waals surface area contributed by atoms with E-state index in [0.29, 0.717) is 6.04 Å². The van der Waals surface area contributed by atoms with Gasteiger partial charge in [-0.05, 0) is 60.0 Å². The lowest BCUT2D eigenvalue weighted by atomic mass is 10.0. The van der Waals surface area contributed by atoms with Gasteiger partial charge in [-0.15, -0.1) is 0 Å². The Morgan fingerprint density at radius 1 is 1.20 bits per heavy atom. The first kappa shape index (κ1) is 17.4. The zero-order chi connectivity index (χ0) is 15.2. The standard InChI is InChI=1S/C16H33N3O/c1-6-16(4,5)18-15(20)14(3)17-13(2)12-19-10-8-7-9-11-19/h13-14,17H,6-12H2,1-5H3,(H,18,20). The third-order valence-corrected chi connectivity index (χ3v) is 4.25. The number of nitrogens with zero attached hydrogens (tertiary/aromatic N) is 1. The predicted molar refractivity (Wildman–Crippen MR) is 84.9 cm³/mol. The fraction of sp³-hybridized carbons (Fsp3) is 0.938. The first-order chi connectivity index (χ1) is 9.34. The molecule has 0 aromatic heterocycles. The van der Waals surface area contributed by atoms with Crippen molar-refractivity contribution in [1.82, 2.24) is 15.5 Å². The summed E-state index contributed by atoms with van der Waals surface area (Å²) in [6, 6.07) is 0.208. The Labute approximate surface area is 124 Å². The zero-order valence-corrected chi connectivity index (χ0v) is 14.0. The first-order valence-corrected chi connectivity index (χ1v) is 8.14. The van der Waals surface area contributed by atoms with Gasteiger partial charge in [0.25, 0.3) is 0 Å². The second-order valence-corrected chi connectivity index (χ2v) is 6.88. The molecule has 4 nitrogen and oxygen atoms in total. The molecule has 4 heteroatoms. The second kappa shape index (κ2) is 7.99. The van der Waals surface area contributed by atoms with Crippen LogP contribution in [0.1, 0.15) is 60.3 Å². The number of carbonyl (C=O) groups excluding carboxylic acids is 1. The zero-order valence-electron chi connectivity index (χ0n) is 14.0. The highest BCUT2D eigenvalue weighted by molar-refractivity contribution is 5.82. The Morgan fingerprint density at radius 3 is 2.35 bits per heavy atom. The highest BCUT2D eigenvalue weighted by Gasteiger charge is 2.23. The molecule has 0 saturated carbocycles. The van der Waals surface area contributed by atoms with E-state index in [2.05, 4.69) is 43.2 Å². The lowest BCUT2D eigenvalue weighted by molar-refractivity contribution is -0.124. The minimum Gasteiger partial charge on any atom is -0.350 e. The third-order valence-electron chi connectivity index (χ3n) is 4.25. The third kappa shape index (κ3) is 6.23. The fourth-order valence-corrected chi connectivity index (χ4v) is 2.61. The van der Waals surface area contributed by atoms with Crippen molar-refractivity contribution in [1.29, 1.82) is 0 Å². The number of hydrogen-bond donors (Lipinski definition) is 2. The van der Waals surface area contributed by atoms with Gasteiger partial charge in [-0.3, -0.25) is 4.79 Å². The maximum Gasteiger partial charge on any atom is 0.237 e. The molecular formula is C16H33N3O. The summed E-state index contributed by atoms with van der Waals surface area (Å²) < 4.78 is 0. The average Bonchev–Trinajstić information content (AvgIpc) is 2.39. The molecule has 1 aliphatic rings. The van der Waals surface area contributed by atoms with Gasteiger partial charge in [0.15, 0.2) is 0 Å². The minimum atomic E-state index is -0.138. The molecule has 2 N–H and O–H groups in total. The van der Waals surface area contributed by atoms with Gasteiger partial charge in [0.1, 0.15) is 0 Å². The number of amides is 1. The van der Waals surface area contributed by atoms with E-state index < -0.39 is 0 Å². The van der Waals surface area contributed by atoms with E-state index in [9.17, 15) is 4.79 Å². The Bertz CT molecular complexity index is 298. The summed E-state index contributed by atoms with van der Waals surface area (Å²) in [7, 11) is 0. The van der Waals surface area contributed by atoms with Gasteiger partial charge in [0.2, 0.25) is 5.91 Å². The van der Waals surface area contributed by atoms with E-state index in [4.69, 9.17) is 0 Å². The van der Waals surface area contributed by atoms with Crippen molar-refractivity contribution < 1.29 is 4.79 Å². The number of likely N-dealkylation sites (tertiary alicyclic amines) is 1. The number of piperidine rings is 1. The lowest BCUT2D eigenvalue weighted by Gasteiger charge is -2.31. The van der Waals surface area contributed by atoms with Crippen LogP contribution < -0.4 is 10.6 Å². The molecule has 1 saturated heterocycles. The quantitative estimate of drug-likeness (QED) is 0.752.